The van der Waals surface area contributed by atoms with Crippen LogP contribution >= 0.6 is 0 Å². The monoisotopic (exact) mass is 197 g/mol. The summed E-state index contributed by atoms with van der Waals surface area (Å²) in [6, 6.07) is 9.29. The van der Waals surface area contributed by atoms with Gasteiger partial charge in [-0.3, -0.25) is 4.79 Å². The zero-order valence-electron chi connectivity index (χ0n) is 7.79. The summed E-state index contributed by atoms with van der Waals surface area (Å²) in [7, 11) is 0. The predicted molar refractivity (Wildman–Crippen MR) is 55.5 cm³/mol. The van der Waals surface area contributed by atoms with Gasteiger partial charge in [0, 0.05) is 11.6 Å². The number of rotatable bonds is 2. The highest BCUT2D eigenvalue weighted by Gasteiger charge is 2.15. The molecule has 72 valence electrons. The van der Waals surface area contributed by atoms with Crippen molar-refractivity contribution in [2.24, 2.45) is 0 Å². The Hall–Kier alpha value is -2.32. The number of aldehydes is 1. The molecule has 2 aromatic rings. The minimum Gasteiger partial charge on any atom is -0.361 e. The maximum absolute atomic E-state index is 10.6. The number of fused-ring (bicyclic) bond motifs is 1. The van der Waals surface area contributed by atoms with Gasteiger partial charge in [-0.1, -0.05) is 24.3 Å². The molecule has 0 spiro atoms. The van der Waals surface area contributed by atoms with E-state index in [0.717, 1.165) is 10.8 Å². The number of nitrogens with zero attached hydrogens (tertiary/aromatic N) is 3. The van der Waals surface area contributed by atoms with E-state index in [9.17, 15) is 4.79 Å². The van der Waals surface area contributed by atoms with Crippen LogP contribution in [0.1, 0.15) is 5.69 Å². The van der Waals surface area contributed by atoms with Crippen LogP contribution in [0.2, 0.25) is 0 Å². The minimum atomic E-state index is -0.0631. The highest BCUT2D eigenvalue weighted by Crippen LogP contribution is 2.15. The van der Waals surface area contributed by atoms with Gasteiger partial charge < -0.3 is 5.53 Å². The molecule has 0 saturated heterocycles. The highest BCUT2D eigenvalue weighted by molar-refractivity contribution is 6.35. The molecule has 2 rings (SSSR count). The molecule has 15 heavy (non-hydrogen) atoms. The average Bonchev–Trinajstić information content (AvgIpc) is 2.31. The van der Waals surface area contributed by atoms with E-state index in [4.69, 9.17) is 5.53 Å². The standard InChI is InChI=1S/C11H7N3O/c12-14-10(7-15)11-9-4-2-1-3-8(9)5-6-13-11/h1-7H. The number of hydrogen-bond acceptors (Lipinski definition) is 2. The van der Waals surface area contributed by atoms with E-state index < -0.39 is 0 Å². The van der Waals surface area contributed by atoms with Gasteiger partial charge in [0.2, 0.25) is 6.29 Å². The molecule has 1 aromatic heterocycles. The summed E-state index contributed by atoms with van der Waals surface area (Å²) >= 11 is 0. The van der Waals surface area contributed by atoms with Crippen molar-refractivity contribution < 1.29 is 9.58 Å². The lowest BCUT2D eigenvalue weighted by Gasteiger charge is -1.98. The zero-order chi connectivity index (χ0) is 10.7. The van der Waals surface area contributed by atoms with Crippen molar-refractivity contribution in [1.29, 1.82) is 0 Å². The Labute approximate surface area is 85.8 Å². The summed E-state index contributed by atoms with van der Waals surface area (Å²) in [6.07, 6.45) is 2.06. The van der Waals surface area contributed by atoms with Crippen LogP contribution in [0.25, 0.3) is 16.3 Å². The number of hydrogen-bond donors (Lipinski definition) is 0. The first-order valence-corrected chi connectivity index (χ1v) is 4.38. The SMILES string of the molecule is [N-]=[N+]=C(C=O)c1nccc2ccccc12. The summed E-state index contributed by atoms with van der Waals surface area (Å²) in [5, 5.41) is 1.74. The molecule has 0 amide bonds. The number of pyridine rings is 1. The number of aromatic nitrogens is 1. The number of carbonyl (C=O) groups excluding carboxylic acids is 1. The molecule has 0 N–H and O–H groups in total. The molecule has 0 aliphatic carbocycles. The second kappa shape index (κ2) is 3.82. The molecule has 0 bridgehead atoms. The van der Waals surface area contributed by atoms with Crippen LogP contribution in [0.4, 0.5) is 0 Å². The third-order valence-electron chi connectivity index (χ3n) is 2.14. The summed E-state index contributed by atoms with van der Waals surface area (Å²) in [5.74, 6) is 0. The largest absolute Gasteiger partial charge is 0.380 e. The normalized spacial score (nSPS) is 9.60. The zero-order valence-corrected chi connectivity index (χ0v) is 7.79. The Morgan fingerprint density at radius 2 is 2.13 bits per heavy atom. The lowest BCUT2D eigenvalue weighted by atomic mass is 10.1. The van der Waals surface area contributed by atoms with Crippen molar-refractivity contribution in [2.45, 2.75) is 0 Å². The van der Waals surface area contributed by atoms with Crippen LogP contribution in [-0.2, 0) is 4.79 Å². The van der Waals surface area contributed by atoms with Crippen molar-refractivity contribution >= 4 is 22.8 Å². The maximum Gasteiger partial charge on any atom is 0.380 e. The molecule has 1 heterocycles. The highest BCUT2D eigenvalue weighted by atomic mass is 16.1. The van der Waals surface area contributed by atoms with Gasteiger partial charge in [-0.05, 0) is 11.5 Å². The average molecular weight is 197 g/mol. The molecule has 1 aromatic carbocycles. The molecule has 0 saturated carbocycles. The molecule has 0 unspecified atom stereocenters. The molecule has 0 radical (unpaired) electrons. The molecule has 4 heteroatoms. The van der Waals surface area contributed by atoms with E-state index in [1.165, 1.54) is 0 Å². The summed E-state index contributed by atoms with van der Waals surface area (Å²) in [4.78, 5) is 17.6. The Balaban J connectivity index is 2.82. The van der Waals surface area contributed by atoms with E-state index in [2.05, 4.69) is 9.77 Å². The first-order valence-electron chi connectivity index (χ1n) is 4.38. The van der Waals surface area contributed by atoms with Gasteiger partial charge in [-0.25, -0.2) is 4.98 Å². The topological polar surface area (TPSA) is 66.4 Å². The molecular formula is C11H7N3O. The van der Waals surface area contributed by atoms with Crippen molar-refractivity contribution in [1.82, 2.24) is 4.98 Å². The van der Waals surface area contributed by atoms with Gasteiger partial charge in [0.15, 0.2) is 5.69 Å². The first kappa shape index (κ1) is 9.24. The third-order valence-corrected chi connectivity index (χ3v) is 2.14. The molecule has 0 atom stereocenters. The molecule has 0 aliphatic heterocycles. The van der Waals surface area contributed by atoms with Crippen molar-refractivity contribution in [3.8, 4) is 0 Å². The van der Waals surface area contributed by atoms with Gasteiger partial charge in [0.25, 0.3) is 0 Å². The molecule has 0 fully saturated rings. The van der Waals surface area contributed by atoms with E-state index in [0.29, 0.717) is 12.0 Å². The summed E-state index contributed by atoms with van der Waals surface area (Å²) in [6.45, 7) is 0. The lowest BCUT2D eigenvalue weighted by Crippen LogP contribution is -2.06. The fourth-order valence-corrected chi connectivity index (χ4v) is 1.45. The van der Waals surface area contributed by atoms with Gasteiger partial charge in [0.1, 0.15) is 0 Å². The second-order valence-electron chi connectivity index (χ2n) is 2.98. The quantitative estimate of drug-likeness (QED) is 0.316. The lowest BCUT2D eigenvalue weighted by molar-refractivity contribution is -0.106. The van der Waals surface area contributed by atoms with Crippen molar-refractivity contribution in [3.63, 3.8) is 0 Å². The number of benzene rings is 1. The van der Waals surface area contributed by atoms with E-state index in [1.807, 2.05) is 30.3 Å². The van der Waals surface area contributed by atoms with E-state index in [-0.39, 0.29) is 5.71 Å². The second-order valence-corrected chi connectivity index (χ2v) is 2.98. The van der Waals surface area contributed by atoms with Crippen LogP contribution in [0.15, 0.2) is 36.5 Å². The van der Waals surface area contributed by atoms with E-state index in [1.54, 1.807) is 6.20 Å². The van der Waals surface area contributed by atoms with Gasteiger partial charge >= 0.3 is 5.71 Å². The smallest absolute Gasteiger partial charge is 0.361 e. The first-order chi connectivity index (χ1) is 7.36. The molecule has 4 nitrogen and oxygen atoms in total. The van der Waals surface area contributed by atoms with Crippen LogP contribution in [0, 0.1) is 0 Å². The fourth-order valence-electron chi connectivity index (χ4n) is 1.45. The van der Waals surface area contributed by atoms with Crippen LogP contribution in [0.3, 0.4) is 0 Å². The van der Waals surface area contributed by atoms with Gasteiger partial charge in [-0.15, -0.1) is 0 Å². The van der Waals surface area contributed by atoms with Gasteiger partial charge in [-0.2, -0.15) is 4.79 Å². The Bertz CT molecular complexity index is 566. The predicted octanol–water partition coefficient (Wildman–Crippen LogP) is 1.45. The Kier molecular flexibility index (Phi) is 2.35. The summed E-state index contributed by atoms with van der Waals surface area (Å²) in [5.41, 5.74) is 8.99. The van der Waals surface area contributed by atoms with Crippen LogP contribution in [-0.4, -0.2) is 21.8 Å². The number of carbonyl (C=O) groups is 1. The molecular weight excluding hydrogens is 190 g/mol. The maximum atomic E-state index is 10.6. The molecule has 0 aliphatic rings. The van der Waals surface area contributed by atoms with Crippen LogP contribution in [0.5, 0.6) is 0 Å². The van der Waals surface area contributed by atoms with E-state index >= 15 is 0 Å². The Morgan fingerprint density at radius 1 is 1.33 bits per heavy atom. The minimum absolute atomic E-state index is 0.0631. The fraction of sp³-hybridized carbons (Fsp3) is 0. The van der Waals surface area contributed by atoms with Gasteiger partial charge in [0.05, 0.1) is 0 Å². The van der Waals surface area contributed by atoms with Crippen molar-refractivity contribution in [2.75, 3.05) is 0 Å². The third kappa shape index (κ3) is 1.54. The van der Waals surface area contributed by atoms with Crippen molar-refractivity contribution in [3.05, 3.63) is 47.8 Å². The van der Waals surface area contributed by atoms with Crippen LogP contribution < -0.4 is 0 Å². The summed E-state index contributed by atoms with van der Waals surface area (Å²) < 4.78 is 0. The Morgan fingerprint density at radius 3 is 2.87 bits per heavy atom.